The molecule has 6 rings (SSSR count). The van der Waals surface area contributed by atoms with Crippen LogP contribution in [0.3, 0.4) is 0 Å². The maximum Gasteiger partial charge on any atom is 0.0574 e. The van der Waals surface area contributed by atoms with E-state index in [1.165, 1.54) is 43.5 Å². The fraction of sp³-hybridized carbons (Fsp3) is 0.0345. The Morgan fingerprint density at radius 1 is 0.586 bits per heavy atom. The van der Waals surface area contributed by atoms with Gasteiger partial charge in [-0.3, -0.25) is 0 Å². The van der Waals surface area contributed by atoms with Crippen LogP contribution in [0, 0.1) is 0 Å². The van der Waals surface area contributed by atoms with Crippen LogP contribution in [0.1, 0.15) is 11.1 Å². The molecule has 0 heteroatoms. The van der Waals surface area contributed by atoms with Crippen LogP contribution in [0.15, 0.2) is 121 Å². The zero-order valence-corrected chi connectivity index (χ0v) is 16.0. The van der Waals surface area contributed by atoms with Gasteiger partial charge in [0, 0.05) is 0 Å². The Hall–Kier alpha value is -3.64. The van der Waals surface area contributed by atoms with Crippen molar-refractivity contribution in [3.05, 3.63) is 142 Å². The lowest BCUT2D eigenvalue weighted by atomic mass is 9.70. The summed E-state index contributed by atoms with van der Waals surface area (Å²) in [5, 5.41) is 5.29. The van der Waals surface area contributed by atoms with E-state index < -0.39 is 0 Å². The molecule has 0 spiro atoms. The van der Waals surface area contributed by atoms with Gasteiger partial charge in [-0.25, -0.2) is 0 Å². The Morgan fingerprint density at radius 3 is 1.97 bits per heavy atom. The molecule has 0 amide bonds. The lowest BCUT2D eigenvalue weighted by Crippen LogP contribution is -2.26. The molecule has 29 heavy (non-hydrogen) atoms. The first-order valence-corrected chi connectivity index (χ1v) is 10.1. The quantitative estimate of drug-likeness (QED) is 0.452. The molecule has 0 radical (unpaired) electrons. The van der Waals surface area contributed by atoms with Crippen LogP contribution in [0.4, 0.5) is 0 Å². The fourth-order valence-corrected chi connectivity index (χ4v) is 4.84. The van der Waals surface area contributed by atoms with E-state index in [1.807, 2.05) is 0 Å². The summed E-state index contributed by atoms with van der Waals surface area (Å²) >= 11 is 0. The van der Waals surface area contributed by atoms with Gasteiger partial charge in [-0.05, 0) is 49.6 Å². The maximum absolute atomic E-state index is 2.45. The van der Waals surface area contributed by atoms with E-state index in [2.05, 4.69) is 121 Å². The molecule has 0 heterocycles. The van der Waals surface area contributed by atoms with Gasteiger partial charge < -0.3 is 0 Å². The van der Waals surface area contributed by atoms with Gasteiger partial charge in [0.05, 0.1) is 5.41 Å². The Labute approximate surface area is 170 Å². The van der Waals surface area contributed by atoms with E-state index >= 15 is 0 Å². The summed E-state index contributed by atoms with van der Waals surface area (Å²) in [5.41, 5.74) is 4.97. The molecule has 0 unspecified atom stereocenters. The van der Waals surface area contributed by atoms with Gasteiger partial charge in [-0.1, -0.05) is 115 Å². The van der Waals surface area contributed by atoms with Gasteiger partial charge in [-0.15, -0.1) is 0 Å². The normalized spacial score (nSPS) is 16.1. The smallest absolute Gasteiger partial charge is 0.0574 e. The lowest BCUT2D eigenvalue weighted by molar-refractivity contribution is 0.808. The topological polar surface area (TPSA) is 0 Å². The molecule has 0 saturated heterocycles. The highest BCUT2D eigenvalue weighted by molar-refractivity contribution is 5.95. The van der Waals surface area contributed by atoms with E-state index in [0.717, 1.165) is 0 Å². The average molecular weight is 368 g/mol. The largest absolute Gasteiger partial charge is 0.0651 e. The van der Waals surface area contributed by atoms with Crippen molar-refractivity contribution in [1.82, 2.24) is 0 Å². The number of rotatable bonds is 2. The number of hydrogen-bond donors (Lipinski definition) is 0. The minimum Gasteiger partial charge on any atom is -0.0651 e. The molecule has 0 aliphatic heterocycles. The average Bonchev–Trinajstić information content (AvgIpc) is 3.18. The first-order chi connectivity index (χ1) is 14.4. The second kappa shape index (κ2) is 6.18. The maximum atomic E-state index is 2.45. The van der Waals surface area contributed by atoms with Gasteiger partial charge >= 0.3 is 0 Å². The van der Waals surface area contributed by atoms with Crippen LogP contribution in [-0.2, 0) is 5.41 Å². The van der Waals surface area contributed by atoms with Crippen molar-refractivity contribution < 1.29 is 0 Å². The SMILES string of the molecule is C1=CC(c2ccccc2)(c2ccccc2)C=C2C=c3c(ccc4ccccc34)=C12. The van der Waals surface area contributed by atoms with E-state index in [-0.39, 0.29) is 5.41 Å². The van der Waals surface area contributed by atoms with Crippen molar-refractivity contribution in [3.63, 3.8) is 0 Å². The van der Waals surface area contributed by atoms with Crippen LogP contribution < -0.4 is 10.4 Å². The molecule has 0 nitrogen and oxygen atoms in total. The minimum absolute atomic E-state index is 0.254. The van der Waals surface area contributed by atoms with E-state index in [4.69, 9.17) is 0 Å². The van der Waals surface area contributed by atoms with Gasteiger partial charge in [-0.2, -0.15) is 0 Å². The second-order valence-corrected chi connectivity index (χ2v) is 7.84. The molecule has 2 aliphatic rings. The summed E-state index contributed by atoms with van der Waals surface area (Å²) in [4.78, 5) is 0. The molecular formula is C29H20. The van der Waals surface area contributed by atoms with E-state index in [0.29, 0.717) is 0 Å². The van der Waals surface area contributed by atoms with Gasteiger partial charge in [0.15, 0.2) is 0 Å². The molecule has 136 valence electrons. The van der Waals surface area contributed by atoms with Crippen molar-refractivity contribution in [2.24, 2.45) is 0 Å². The van der Waals surface area contributed by atoms with Gasteiger partial charge in [0.1, 0.15) is 0 Å². The molecule has 0 saturated carbocycles. The third-order valence-electron chi connectivity index (χ3n) is 6.27. The van der Waals surface area contributed by atoms with Crippen LogP contribution in [0.2, 0.25) is 0 Å². The number of benzene rings is 4. The van der Waals surface area contributed by atoms with Crippen molar-refractivity contribution in [3.8, 4) is 0 Å². The predicted molar refractivity (Wildman–Crippen MR) is 122 cm³/mol. The Balaban J connectivity index is 1.66. The Morgan fingerprint density at radius 2 is 1.24 bits per heavy atom. The van der Waals surface area contributed by atoms with Crippen LogP contribution >= 0.6 is 0 Å². The lowest BCUT2D eigenvalue weighted by Gasteiger charge is -2.32. The summed E-state index contributed by atoms with van der Waals surface area (Å²) in [5.74, 6) is 0. The van der Waals surface area contributed by atoms with Crippen LogP contribution in [0.5, 0.6) is 0 Å². The predicted octanol–water partition coefficient (Wildman–Crippen LogP) is 5.27. The van der Waals surface area contributed by atoms with E-state index in [1.54, 1.807) is 0 Å². The Kier molecular flexibility index (Phi) is 3.48. The highest BCUT2D eigenvalue weighted by Crippen LogP contribution is 2.41. The molecule has 0 atom stereocenters. The van der Waals surface area contributed by atoms with Crippen LogP contribution in [-0.4, -0.2) is 0 Å². The summed E-state index contributed by atoms with van der Waals surface area (Å²) in [7, 11) is 0. The molecule has 0 bridgehead atoms. The van der Waals surface area contributed by atoms with Crippen LogP contribution in [0.25, 0.3) is 22.4 Å². The van der Waals surface area contributed by atoms with Crippen molar-refractivity contribution in [2.45, 2.75) is 5.41 Å². The molecule has 0 fully saturated rings. The third-order valence-corrected chi connectivity index (χ3v) is 6.27. The molecule has 0 N–H and O–H groups in total. The van der Waals surface area contributed by atoms with Crippen molar-refractivity contribution in [1.29, 1.82) is 0 Å². The van der Waals surface area contributed by atoms with Gasteiger partial charge in [0.2, 0.25) is 0 Å². The second-order valence-electron chi connectivity index (χ2n) is 7.84. The summed E-state index contributed by atoms with van der Waals surface area (Å²) in [6.45, 7) is 0. The van der Waals surface area contributed by atoms with Crippen molar-refractivity contribution in [2.75, 3.05) is 0 Å². The number of fused-ring (bicyclic) bond motifs is 4. The number of allylic oxidation sites excluding steroid dienone is 4. The fourth-order valence-electron chi connectivity index (χ4n) is 4.84. The summed E-state index contributed by atoms with van der Waals surface area (Å²) in [6.07, 6.45) is 9.51. The Bertz CT molecular complexity index is 1380. The first-order valence-electron chi connectivity index (χ1n) is 10.1. The standard InChI is InChI=1S/C29H20/c1-3-10-23(11-4-1)29(24-12-5-2-6-13-24)18-17-26-22(20-29)19-28-25-14-8-7-9-21(25)15-16-27(26)28/h1-20H. The zero-order valence-electron chi connectivity index (χ0n) is 16.0. The zero-order chi connectivity index (χ0) is 19.3. The van der Waals surface area contributed by atoms with Gasteiger partial charge in [0.25, 0.3) is 0 Å². The molecule has 0 aromatic heterocycles. The van der Waals surface area contributed by atoms with E-state index in [9.17, 15) is 0 Å². The monoisotopic (exact) mass is 368 g/mol. The third kappa shape index (κ3) is 2.39. The molecular weight excluding hydrogens is 348 g/mol. The summed E-state index contributed by atoms with van der Waals surface area (Å²) in [6, 6.07) is 34.8. The minimum atomic E-state index is -0.254. The number of hydrogen-bond acceptors (Lipinski definition) is 0. The molecule has 4 aromatic carbocycles. The molecule has 4 aromatic rings. The summed E-state index contributed by atoms with van der Waals surface area (Å²) < 4.78 is 0. The van der Waals surface area contributed by atoms with Crippen molar-refractivity contribution >= 4 is 22.4 Å². The molecule has 2 aliphatic carbocycles. The highest BCUT2D eigenvalue weighted by Gasteiger charge is 2.33. The first kappa shape index (κ1) is 16.3. The highest BCUT2D eigenvalue weighted by atomic mass is 14.3.